The number of aliphatic carboxylic acids is 1. The first-order valence-corrected chi connectivity index (χ1v) is 8.79. The van der Waals surface area contributed by atoms with Crippen LogP contribution in [-0.2, 0) is 30.4 Å². The van der Waals surface area contributed by atoms with Crippen LogP contribution in [0, 0.1) is 0 Å². The van der Waals surface area contributed by atoms with Gasteiger partial charge in [0.25, 0.3) is 0 Å². The fraction of sp³-hybridized carbons (Fsp3) is 0.389. The van der Waals surface area contributed by atoms with Crippen molar-refractivity contribution in [2.45, 2.75) is 43.8 Å². The Balaban J connectivity index is 2.82. The van der Waals surface area contributed by atoms with Crippen molar-refractivity contribution in [3.8, 4) is 0 Å². The second kappa shape index (κ2) is 11.4. The summed E-state index contributed by atoms with van der Waals surface area (Å²) in [4.78, 5) is 58.2. The van der Waals surface area contributed by atoms with Gasteiger partial charge in [-0.15, -0.1) is 0 Å². The number of hydrogen-bond donors (Lipinski definition) is 6. The first-order valence-electron chi connectivity index (χ1n) is 8.79. The van der Waals surface area contributed by atoms with Crippen LogP contribution in [0.1, 0.15) is 24.8 Å². The van der Waals surface area contributed by atoms with Gasteiger partial charge in [-0.2, -0.15) is 0 Å². The molecule has 0 spiro atoms. The molecule has 4 amide bonds. The summed E-state index contributed by atoms with van der Waals surface area (Å²) < 4.78 is 0. The van der Waals surface area contributed by atoms with Crippen molar-refractivity contribution in [2.24, 2.45) is 17.2 Å². The summed E-state index contributed by atoms with van der Waals surface area (Å²) in [6, 6.07) is 4.74. The number of nitrogens with two attached hydrogens (primary N) is 3. The van der Waals surface area contributed by atoms with Gasteiger partial charge in [0.2, 0.25) is 23.6 Å². The van der Waals surface area contributed by atoms with Crippen molar-refractivity contribution in [2.75, 3.05) is 0 Å². The Kier molecular flexibility index (Phi) is 9.26. The minimum absolute atomic E-state index is 0.00270. The molecule has 0 bridgehead atoms. The minimum Gasteiger partial charge on any atom is -0.480 e. The molecule has 0 aromatic heterocycles. The third kappa shape index (κ3) is 8.84. The average Bonchev–Trinajstić information content (AvgIpc) is 2.65. The van der Waals surface area contributed by atoms with E-state index in [9.17, 15) is 29.1 Å². The lowest BCUT2D eigenvalue weighted by molar-refractivity contribution is -0.142. The quantitative estimate of drug-likeness (QED) is 0.224. The molecule has 0 saturated carbocycles. The number of amides is 4. The minimum atomic E-state index is -1.42. The molecule has 0 aliphatic heterocycles. The van der Waals surface area contributed by atoms with Crippen LogP contribution in [0.15, 0.2) is 30.3 Å². The Morgan fingerprint density at radius 3 is 2.00 bits per heavy atom. The van der Waals surface area contributed by atoms with Crippen molar-refractivity contribution in [1.82, 2.24) is 10.6 Å². The fourth-order valence-corrected chi connectivity index (χ4v) is 2.44. The molecule has 1 aromatic rings. The maximum absolute atomic E-state index is 12.5. The number of primary amides is 2. The van der Waals surface area contributed by atoms with Crippen LogP contribution in [0.25, 0.3) is 0 Å². The standard InChI is InChI=1S/C18H25N5O6/c19-11(6-7-14(20)24)16(26)22-12(9-15(21)25)17(27)23-13(18(28)29)8-10-4-2-1-3-5-10/h1-5,11-13H,6-9,19H2,(H2,20,24)(H2,21,25)(H,22,26)(H,23,27)(H,28,29)/t11-,12-,13-/m0/s1. The molecule has 3 atom stereocenters. The van der Waals surface area contributed by atoms with Crippen LogP contribution in [0.3, 0.4) is 0 Å². The van der Waals surface area contributed by atoms with E-state index in [-0.39, 0.29) is 19.3 Å². The molecule has 0 unspecified atom stereocenters. The van der Waals surface area contributed by atoms with E-state index in [0.29, 0.717) is 5.56 Å². The number of carbonyl (C=O) groups excluding carboxylic acids is 4. The van der Waals surface area contributed by atoms with E-state index in [1.807, 2.05) is 0 Å². The van der Waals surface area contributed by atoms with Gasteiger partial charge in [-0.3, -0.25) is 19.2 Å². The number of rotatable bonds is 12. The third-order valence-corrected chi connectivity index (χ3v) is 3.97. The van der Waals surface area contributed by atoms with Crippen molar-refractivity contribution < 1.29 is 29.1 Å². The van der Waals surface area contributed by atoms with Gasteiger partial charge in [-0.05, 0) is 12.0 Å². The van der Waals surface area contributed by atoms with Gasteiger partial charge < -0.3 is 32.9 Å². The van der Waals surface area contributed by atoms with Crippen LogP contribution in [0.2, 0.25) is 0 Å². The zero-order valence-electron chi connectivity index (χ0n) is 15.7. The molecule has 1 rings (SSSR count). The summed E-state index contributed by atoms with van der Waals surface area (Å²) in [5.74, 6) is -4.52. The Bertz CT molecular complexity index is 754. The van der Waals surface area contributed by atoms with Gasteiger partial charge in [-0.25, -0.2) is 4.79 Å². The van der Waals surface area contributed by atoms with Crippen molar-refractivity contribution >= 4 is 29.6 Å². The van der Waals surface area contributed by atoms with E-state index in [1.165, 1.54) is 0 Å². The predicted octanol–water partition coefficient (Wildman–Crippen LogP) is -2.25. The monoisotopic (exact) mass is 407 g/mol. The molecular formula is C18H25N5O6. The van der Waals surface area contributed by atoms with Crippen LogP contribution in [0.5, 0.6) is 0 Å². The van der Waals surface area contributed by atoms with E-state index in [2.05, 4.69) is 10.6 Å². The summed E-state index contributed by atoms with van der Waals surface area (Å²) >= 11 is 0. The van der Waals surface area contributed by atoms with E-state index in [0.717, 1.165) is 0 Å². The zero-order chi connectivity index (χ0) is 22.0. The molecule has 1 aromatic carbocycles. The Hall–Kier alpha value is -3.47. The normalized spacial score (nSPS) is 13.6. The first kappa shape index (κ1) is 23.6. The highest BCUT2D eigenvalue weighted by Gasteiger charge is 2.29. The van der Waals surface area contributed by atoms with E-state index < -0.39 is 54.1 Å². The fourth-order valence-electron chi connectivity index (χ4n) is 2.44. The number of hydrogen-bond acceptors (Lipinski definition) is 6. The van der Waals surface area contributed by atoms with Gasteiger partial charge >= 0.3 is 5.97 Å². The Morgan fingerprint density at radius 1 is 0.897 bits per heavy atom. The molecule has 11 heteroatoms. The van der Waals surface area contributed by atoms with Gasteiger partial charge in [0.1, 0.15) is 12.1 Å². The summed E-state index contributed by atoms with van der Waals surface area (Å²) in [7, 11) is 0. The molecule has 0 saturated heterocycles. The molecule has 0 heterocycles. The SMILES string of the molecule is NC(=O)CC[C@H](N)C(=O)N[C@@H](CC(N)=O)C(=O)N[C@@H](Cc1ccccc1)C(=O)O. The molecule has 0 aliphatic carbocycles. The second-order valence-corrected chi connectivity index (χ2v) is 6.43. The summed E-state index contributed by atoms with van der Waals surface area (Å²) in [6.07, 6.45) is -0.758. The summed E-state index contributed by atoms with van der Waals surface area (Å²) in [6.45, 7) is 0. The Morgan fingerprint density at radius 2 is 1.48 bits per heavy atom. The van der Waals surface area contributed by atoms with Crippen molar-refractivity contribution in [3.63, 3.8) is 0 Å². The maximum atomic E-state index is 12.5. The number of carbonyl (C=O) groups is 5. The van der Waals surface area contributed by atoms with Crippen LogP contribution < -0.4 is 27.8 Å². The van der Waals surface area contributed by atoms with Gasteiger partial charge in [-0.1, -0.05) is 30.3 Å². The third-order valence-electron chi connectivity index (χ3n) is 3.97. The number of nitrogens with one attached hydrogen (secondary N) is 2. The summed E-state index contributed by atoms with van der Waals surface area (Å²) in [5, 5.41) is 13.9. The van der Waals surface area contributed by atoms with Crippen LogP contribution in [0.4, 0.5) is 0 Å². The molecule has 0 aliphatic rings. The highest BCUT2D eigenvalue weighted by molar-refractivity contribution is 5.94. The van der Waals surface area contributed by atoms with E-state index in [4.69, 9.17) is 17.2 Å². The molecule has 0 fully saturated rings. The van der Waals surface area contributed by atoms with Crippen molar-refractivity contribution in [1.29, 1.82) is 0 Å². The van der Waals surface area contributed by atoms with Gasteiger partial charge in [0, 0.05) is 12.8 Å². The Labute approximate surface area is 167 Å². The predicted molar refractivity (Wildman–Crippen MR) is 102 cm³/mol. The van der Waals surface area contributed by atoms with Crippen LogP contribution in [-0.4, -0.2) is 52.8 Å². The summed E-state index contributed by atoms with van der Waals surface area (Å²) in [5.41, 5.74) is 16.4. The number of carboxylic acids is 1. The molecular weight excluding hydrogens is 382 g/mol. The van der Waals surface area contributed by atoms with Crippen molar-refractivity contribution in [3.05, 3.63) is 35.9 Å². The van der Waals surface area contributed by atoms with E-state index in [1.54, 1.807) is 30.3 Å². The largest absolute Gasteiger partial charge is 0.480 e. The molecule has 9 N–H and O–H groups in total. The average molecular weight is 407 g/mol. The lowest BCUT2D eigenvalue weighted by Crippen LogP contribution is -2.55. The molecule has 29 heavy (non-hydrogen) atoms. The number of carboxylic acid groups (broad SMARTS) is 1. The topological polar surface area (TPSA) is 208 Å². The van der Waals surface area contributed by atoms with Gasteiger partial charge in [0.15, 0.2) is 0 Å². The molecule has 0 radical (unpaired) electrons. The van der Waals surface area contributed by atoms with Crippen LogP contribution >= 0.6 is 0 Å². The van der Waals surface area contributed by atoms with Gasteiger partial charge in [0.05, 0.1) is 12.5 Å². The zero-order valence-corrected chi connectivity index (χ0v) is 15.7. The molecule has 11 nitrogen and oxygen atoms in total. The maximum Gasteiger partial charge on any atom is 0.326 e. The highest BCUT2D eigenvalue weighted by atomic mass is 16.4. The smallest absolute Gasteiger partial charge is 0.326 e. The second-order valence-electron chi connectivity index (χ2n) is 6.43. The molecule has 158 valence electrons. The first-order chi connectivity index (χ1) is 13.6. The lowest BCUT2D eigenvalue weighted by atomic mass is 10.0. The lowest BCUT2D eigenvalue weighted by Gasteiger charge is -2.22. The van der Waals surface area contributed by atoms with E-state index >= 15 is 0 Å². The highest BCUT2D eigenvalue weighted by Crippen LogP contribution is 2.05. The number of benzene rings is 1.